The summed E-state index contributed by atoms with van der Waals surface area (Å²) >= 11 is 1.53. The molecule has 27 heavy (non-hydrogen) atoms. The van der Waals surface area contributed by atoms with Gasteiger partial charge in [0.15, 0.2) is 0 Å². The molecular weight excluding hydrogens is 362 g/mol. The van der Waals surface area contributed by atoms with E-state index in [9.17, 15) is 9.59 Å². The van der Waals surface area contributed by atoms with E-state index < -0.39 is 5.41 Å². The summed E-state index contributed by atoms with van der Waals surface area (Å²) in [6.45, 7) is 4.34. The number of carbonyl (C=O) groups excluding carboxylic acids is 2. The first-order valence-corrected chi connectivity index (χ1v) is 10.4. The van der Waals surface area contributed by atoms with Gasteiger partial charge in [-0.15, -0.1) is 0 Å². The molecule has 0 unspecified atom stereocenters. The summed E-state index contributed by atoms with van der Waals surface area (Å²) < 4.78 is 5.12. The van der Waals surface area contributed by atoms with E-state index in [2.05, 4.69) is 12.1 Å². The lowest BCUT2D eigenvalue weighted by Crippen LogP contribution is -2.50. The van der Waals surface area contributed by atoms with Crippen LogP contribution in [0.3, 0.4) is 0 Å². The van der Waals surface area contributed by atoms with Gasteiger partial charge in [-0.1, -0.05) is 12.1 Å². The SMILES string of the molecule is CC[C@@]1(C(=O)N(C)Cc2cc(C)on2)C[C@@H]2CC[C@H]1N2C(=O)c1ccsc1. The Kier molecular flexibility index (Phi) is 4.58. The Morgan fingerprint density at radius 1 is 1.44 bits per heavy atom. The molecule has 0 saturated carbocycles. The highest BCUT2D eigenvalue weighted by Crippen LogP contribution is 2.53. The molecule has 2 aliphatic rings. The average Bonchev–Trinajstić information content (AvgIpc) is 3.44. The minimum atomic E-state index is -0.498. The average molecular weight is 388 g/mol. The van der Waals surface area contributed by atoms with E-state index in [4.69, 9.17) is 4.52 Å². The van der Waals surface area contributed by atoms with E-state index >= 15 is 0 Å². The van der Waals surface area contributed by atoms with Crippen LogP contribution >= 0.6 is 11.3 Å². The van der Waals surface area contributed by atoms with Crippen molar-refractivity contribution < 1.29 is 14.1 Å². The van der Waals surface area contributed by atoms with Gasteiger partial charge in [-0.05, 0) is 44.1 Å². The summed E-state index contributed by atoms with van der Waals surface area (Å²) in [7, 11) is 1.82. The number of fused-ring (bicyclic) bond motifs is 2. The third-order valence-corrected chi connectivity index (χ3v) is 6.91. The molecule has 4 rings (SSSR count). The molecule has 0 radical (unpaired) electrons. The van der Waals surface area contributed by atoms with E-state index in [1.54, 1.807) is 4.90 Å². The first-order chi connectivity index (χ1) is 13.0. The van der Waals surface area contributed by atoms with Crippen molar-refractivity contribution in [3.05, 3.63) is 39.9 Å². The molecule has 0 aliphatic carbocycles. The first-order valence-electron chi connectivity index (χ1n) is 9.49. The number of nitrogens with zero attached hydrogens (tertiary/aromatic N) is 3. The molecule has 4 heterocycles. The van der Waals surface area contributed by atoms with Crippen molar-refractivity contribution >= 4 is 23.2 Å². The van der Waals surface area contributed by atoms with Gasteiger partial charge in [-0.25, -0.2) is 0 Å². The van der Waals surface area contributed by atoms with Gasteiger partial charge in [-0.3, -0.25) is 9.59 Å². The zero-order valence-electron chi connectivity index (χ0n) is 16.0. The van der Waals surface area contributed by atoms with Gasteiger partial charge in [-0.2, -0.15) is 11.3 Å². The highest BCUT2D eigenvalue weighted by Gasteiger charge is 2.60. The second-order valence-corrected chi connectivity index (χ2v) is 8.56. The van der Waals surface area contributed by atoms with Gasteiger partial charge in [0.05, 0.1) is 17.5 Å². The number of rotatable bonds is 5. The Labute approximate surface area is 163 Å². The predicted molar refractivity (Wildman–Crippen MR) is 102 cm³/mol. The van der Waals surface area contributed by atoms with Crippen molar-refractivity contribution in [2.24, 2.45) is 5.41 Å². The normalized spacial score (nSPS) is 26.6. The fraction of sp³-hybridized carbons (Fsp3) is 0.550. The van der Waals surface area contributed by atoms with Crippen LogP contribution in [0.25, 0.3) is 0 Å². The van der Waals surface area contributed by atoms with Gasteiger partial charge in [0.1, 0.15) is 11.5 Å². The second kappa shape index (κ2) is 6.78. The summed E-state index contributed by atoms with van der Waals surface area (Å²) in [6.07, 6.45) is 3.38. The van der Waals surface area contributed by atoms with Gasteiger partial charge >= 0.3 is 0 Å². The molecule has 3 atom stereocenters. The van der Waals surface area contributed by atoms with E-state index in [0.29, 0.717) is 6.54 Å². The molecule has 2 aromatic rings. The smallest absolute Gasteiger partial charge is 0.255 e. The van der Waals surface area contributed by atoms with Crippen molar-refractivity contribution in [1.29, 1.82) is 0 Å². The number of hydrogen-bond acceptors (Lipinski definition) is 5. The van der Waals surface area contributed by atoms with Crippen molar-refractivity contribution in [2.75, 3.05) is 7.05 Å². The Morgan fingerprint density at radius 3 is 2.89 bits per heavy atom. The molecule has 2 aromatic heterocycles. The summed E-state index contributed by atoms with van der Waals surface area (Å²) in [5, 5.41) is 7.83. The number of thiophene rings is 1. The van der Waals surface area contributed by atoms with Crippen molar-refractivity contribution in [2.45, 2.75) is 58.2 Å². The van der Waals surface area contributed by atoms with E-state index in [1.165, 1.54) is 11.3 Å². The molecular formula is C20H25N3O3S. The Morgan fingerprint density at radius 2 is 2.26 bits per heavy atom. The maximum Gasteiger partial charge on any atom is 0.255 e. The van der Waals surface area contributed by atoms with Gasteiger partial charge < -0.3 is 14.3 Å². The molecule has 2 bridgehead atoms. The third-order valence-electron chi connectivity index (χ3n) is 6.22. The topological polar surface area (TPSA) is 66.7 Å². The highest BCUT2D eigenvalue weighted by molar-refractivity contribution is 7.08. The molecule has 144 valence electrons. The highest BCUT2D eigenvalue weighted by atomic mass is 32.1. The van der Waals surface area contributed by atoms with Crippen molar-refractivity contribution in [1.82, 2.24) is 15.0 Å². The summed E-state index contributed by atoms with van der Waals surface area (Å²) in [6, 6.07) is 3.87. The molecule has 7 heteroatoms. The van der Waals surface area contributed by atoms with Crippen LogP contribution in [0, 0.1) is 12.3 Å². The predicted octanol–water partition coefficient (Wildman–Crippen LogP) is 3.48. The van der Waals surface area contributed by atoms with Crippen LogP contribution < -0.4 is 0 Å². The minimum absolute atomic E-state index is 0.0195. The number of aryl methyl sites for hydroxylation is 1. The van der Waals surface area contributed by atoms with Crippen LogP contribution in [0.5, 0.6) is 0 Å². The van der Waals surface area contributed by atoms with Crippen molar-refractivity contribution in [3.63, 3.8) is 0 Å². The number of aromatic nitrogens is 1. The standard InChI is InChI=1S/C20H25N3O3S/c1-4-20(19(25)22(3)11-15-9-13(2)26-21-15)10-16-5-6-17(20)23(16)18(24)14-7-8-27-12-14/h7-9,12,16-17H,4-6,10-11H2,1-3H3/t16-,17+,20+/m0/s1. The molecule has 2 saturated heterocycles. The zero-order valence-corrected chi connectivity index (χ0v) is 16.8. The fourth-order valence-electron chi connectivity index (χ4n) is 4.97. The van der Waals surface area contributed by atoms with Crippen molar-refractivity contribution in [3.8, 4) is 0 Å². The first kappa shape index (κ1) is 18.2. The molecule has 2 amide bonds. The van der Waals surface area contributed by atoms with Gasteiger partial charge in [0.2, 0.25) is 5.91 Å². The van der Waals surface area contributed by atoms with Crippen LogP contribution in [0.15, 0.2) is 27.4 Å². The third kappa shape index (κ3) is 2.88. The van der Waals surface area contributed by atoms with E-state index in [0.717, 1.165) is 42.7 Å². The Bertz CT molecular complexity index is 847. The number of carbonyl (C=O) groups is 2. The lowest BCUT2D eigenvalue weighted by Gasteiger charge is -2.38. The minimum Gasteiger partial charge on any atom is -0.361 e. The lowest BCUT2D eigenvalue weighted by atomic mass is 9.71. The summed E-state index contributed by atoms with van der Waals surface area (Å²) in [5.41, 5.74) is 0.994. The van der Waals surface area contributed by atoms with E-state index in [-0.39, 0.29) is 23.9 Å². The monoisotopic (exact) mass is 387 g/mol. The lowest BCUT2D eigenvalue weighted by molar-refractivity contribution is -0.143. The maximum absolute atomic E-state index is 13.5. The molecule has 2 fully saturated rings. The van der Waals surface area contributed by atoms with Crippen LogP contribution in [0.4, 0.5) is 0 Å². The molecule has 2 aliphatic heterocycles. The zero-order chi connectivity index (χ0) is 19.2. The Hall–Kier alpha value is -2.15. The quantitative estimate of drug-likeness (QED) is 0.788. The maximum atomic E-state index is 13.5. The number of amides is 2. The molecule has 6 nitrogen and oxygen atoms in total. The Balaban J connectivity index is 1.57. The second-order valence-electron chi connectivity index (χ2n) is 7.78. The molecule has 0 spiro atoms. The largest absolute Gasteiger partial charge is 0.361 e. The van der Waals surface area contributed by atoms with E-state index in [1.807, 2.05) is 41.8 Å². The molecule has 0 N–H and O–H groups in total. The number of hydrogen-bond donors (Lipinski definition) is 0. The molecule has 0 aromatic carbocycles. The van der Waals surface area contributed by atoms with Crippen LogP contribution in [-0.4, -0.2) is 45.9 Å². The van der Waals surface area contributed by atoms with Crippen LogP contribution in [-0.2, 0) is 11.3 Å². The van der Waals surface area contributed by atoms with Crippen LogP contribution in [0.2, 0.25) is 0 Å². The van der Waals surface area contributed by atoms with Gasteiger partial charge in [0, 0.05) is 30.6 Å². The summed E-state index contributed by atoms with van der Waals surface area (Å²) in [5.74, 6) is 0.922. The summed E-state index contributed by atoms with van der Waals surface area (Å²) in [4.78, 5) is 30.3. The van der Waals surface area contributed by atoms with Crippen LogP contribution in [0.1, 0.15) is 54.4 Å². The fourth-order valence-corrected chi connectivity index (χ4v) is 5.60. The van der Waals surface area contributed by atoms with Gasteiger partial charge in [0.25, 0.3) is 5.91 Å².